The Morgan fingerprint density at radius 2 is 1.53 bits per heavy atom. The number of hydrogen-bond acceptors (Lipinski definition) is 8. The zero-order valence-corrected chi connectivity index (χ0v) is 23.0. The number of esters is 2. The third kappa shape index (κ3) is 5.74. The van der Waals surface area contributed by atoms with Gasteiger partial charge in [-0.3, -0.25) is 19.3 Å². The summed E-state index contributed by atoms with van der Waals surface area (Å²) in [6.07, 6.45) is 3.42. The van der Waals surface area contributed by atoms with Gasteiger partial charge in [0.1, 0.15) is 5.75 Å². The number of amides is 2. The van der Waals surface area contributed by atoms with Crippen molar-refractivity contribution in [2.75, 3.05) is 11.5 Å². The Balaban J connectivity index is 1.07. The second kappa shape index (κ2) is 11.9. The monoisotopic (exact) mass is 577 g/mol. The number of anilines is 1. The van der Waals surface area contributed by atoms with Gasteiger partial charge in [0.2, 0.25) is 17.6 Å². The van der Waals surface area contributed by atoms with Crippen LogP contribution in [0, 0.1) is 11.8 Å². The third-order valence-electron chi connectivity index (χ3n) is 7.98. The van der Waals surface area contributed by atoms with Crippen molar-refractivity contribution in [3.63, 3.8) is 0 Å². The molecule has 2 aliphatic rings. The largest absolute Gasteiger partial charge is 0.457 e. The average molecular weight is 578 g/mol. The summed E-state index contributed by atoms with van der Waals surface area (Å²) in [6, 6.07) is 25.0. The van der Waals surface area contributed by atoms with Crippen LogP contribution in [0.4, 0.5) is 5.69 Å². The predicted octanol–water partition coefficient (Wildman–Crippen LogP) is 5.61. The molecule has 0 unspecified atom stereocenters. The van der Waals surface area contributed by atoms with Crippen molar-refractivity contribution >= 4 is 35.2 Å². The predicted molar refractivity (Wildman–Crippen MR) is 154 cm³/mol. The second-order valence-corrected chi connectivity index (χ2v) is 10.6. The van der Waals surface area contributed by atoms with Crippen molar-refractivity contribution in [3.8, 4) is 5.75 Å². The molecule has 3 aromatic carbocycles. The fraction of sp³-hybridized carbons (Fsp3) is 0.206. The van der Waals surface area contributed by atoms with Crippen LogP contribution in [0.15, 0.2) is 102 Å². The minimum absolute atomic E-state index is 0.0460. The molecular weight excluding hydrogens is 550 g/mol. The first kappa shape index (κ1) is 27.8. The summed E-state index contributed by atoms with van der Waals surface area (Å²) in [6.45, 7) is -0.527. The van der Waals surface area contributed by atoms with Crippen molar-refractivity contribution in [2.24, 2.45) is 11.8 Å². The summed E-state index contributed by atoms with van der Waals surface area (Å²) < 4.78 is 15.4. The van der Waals surface area contributed by atoms with E-state index < -0.39 is 30.2 Å². The maximum Gasteiger partial charge on any atom is 0.379 e. The number of benzene rings is 3. The first-order valence-electron chi connectivity index (χ1n) is 14.0. The van der Waals surface area contributed by atoms with E-state index in [9.17, 15) is 24.0 Å². The summed E-state index contributed by atoms with van der Waals surface area (Å²) in [4.78, 5) is 65.4. The van der Waals surface area contributed by atoms with Gasteiger partial charge in [-0.05, 0) is 85.3 Å². The van der Waals surface area contributed by atoms with Gasteiger partial charge >= 0.3 is 11.9 Å². The van der Waals surface area contributed by atoms with E-state index in [1.807, 2.05) is 18.2 Å². The fourth-order valence-electron chi connectivity index (χ4n) is 5.79. The lowest BCUT2D eigenvalue weighted by molar-refractivity contribution is -0.122. The minimum atomic E-state index is -0.764. The van der Waals surface area contributed by atoms with Crippen molar-refractivity contribution in [3.05, 3.63) is 120 Å². The number of furan rings is 1. The average Bonchev–Trinajstić information content (AvgIpc) is 3.67. The highest BCUT2D eigenvalue weighted by Gasteiger charge is 2.50. The lowest BCUT2D eigenvalue weighted by atomic mass is 9.73. The smallest absolute Gasteiger partial charge is 0.379 e. The van der Waals surface area contributed by atoms with Crippen LogP contribution >= 0.6 is 0 Å². The van der Waals surface area contributed by atoms with Gasteiger partial charge in [-0.15, -0.1) is 0 Å². The highest BCUT2D eigenvalue weighted by molar-refractivity contribution is 6.22. The topological polar surface area (TPSA) is 120 Å². The van der Waals surface area contributed by atoms with Gasteiger partial charge in [-0.1, -0.05) is 36.4 Å². The molecule has 2 fully saturated rings. The molecule has 9 nitrogen and oxygen atoms in total. The Morgan fingerprint density at radius 1 is 0.767 bits per heavy atom. The number of rotatable bonds is 8. The molecular formula is C34H27NO8. The third-order valence-corrected chi connectivity index (χ3v) is 7.98. The second-order valence-electron chi connectivity index (χ2n) is 10.6. The van der Waals surface area contributed by atoms with Gasteiger partial charge < -0.3 is 13.9 Å². The van der Waals surface area contributed by atoms with E-state index >= 15 is 0 Å². The zero-order chi connectivity index (χ0) is 29.9. The molecule has 1 aliphatic carbocycles. The molecule has 1 saturated carbocycles. The number of ketones is 1. The standard InChI is InChI=1S/C34H27NO8/c36-29(22-11-14-26(15-12-22)43-34(40)30-10-5-17-41-30)20-42-33(39)24-8-4-9-25(18-24)35-31(37)27-16-13-23(19-28(27)32(35)38)21-6-2-1-3-7-21/h1-12,14-15,17-18,23,27-28H,13,16,19-20H2/t23-,27-,28+/m1/s1. The van der Waals surface area contributed by atoms with E-state index in [2.05, 4.69) is 12.1 Å². The molecule has 2 heterocycles. The van der Waals surface area contributed by atoms with Crippen LogP contribution in [0.1, 0.15) is 62.0 Å². The molecule has 1 aliphatic heterocycles. The molecule has 0 N–H and O–H groups in total. The van der Waals surface area contributed by atoms with Gasteiger partial charge in [-0.25, -0.2) is 9.59 Å². The van der Waals surface area contributed by atoms with E-state index in [4.69, 9.17) is 13.9 Å². The zero-order valence-electron chi connectivity index (χ0n) is 23.0. The van der Waals surface area contributed by atoms with Crippen LogP contribution < -0.4 is 9.64 Å². The fourth-order valence-corrected chi connectivity index (χ4v) is 5.79. The van der Waals surface area contributed by atoms with Crippen molar-refractivity contribution in [2.45, 2.75) is 25.2 Å². The van der Waals surface area contributed by atoms with Gasteiger partial charge in [0.25, 0.3) is 0 Å². The molecule has 1 aromatic heterocycles. The Kier molecular flexibility index (Phi) is 7.70. The first-order valence-corrected chi connectivity index (χ1v) is 14.0. The number of carbonyl (C=O) groups is 5. The molecule has 1 saturated heterocycles. The molecule has 0 spiro atoms. The van der Waals surface area contributed by atoms with Crippen molar-refractivity contribution in [1.29, 1.82) is 0 Å². The highest BCUT2D eigenvalue weighted by Crippen LogP contribution is 2.45. The Bertz CT molecular complexity index is 1680. The van der Waals surface area contributed by atoms with Crippen molar-refractivity contribution in [1.82, 2.24) is 0 Å². The van der Waals surface area contributed by atoms with Crippen LogP contribution in [0.5, 0.6) is 5.75 Å². The Labute approximate surface area is 247 Å². The van der Waals surface area contributed by atoms with E-state index in [1.165, 1.54) is 59.2 Å². The van der Waals surface area contributed by atoms with Crippen LogP contribution in [-0.4, -0.2) is 36.1 Å². The van der Waals surface area contributed by atoms with Gasteiger partial charge in [0.05, 0.1) is 29.3 Å². The molecule has 4 aromatic rings. The van der Waals surface area contributed by atoms with E-state index in [0.717, 1.165) is 6.42 Å². The minimum Gasteiger partial charge on any atom is -0.457 e. The van der Waals surface area contributed by atoms with Gasteiger partial charge in [0.15, 0.2) is 12.4 Å². The van der Waals surface area contributed by atoms with Crippen LogP contribution in [0.3, 0.4) is 0 Å². The molecule has 0 bridgehead atoms. The number of ether oxygens (including phenoxy) is 2. The molecule has 6 rings (SSSR count). The maximum absolute atomic E-state index is 13.4. The lowest BCUT2D eigenvalue weighted by Crippen LogP contribution is -2.31. The lowest BCUT2D eigenvalue weighted by Gasteiger charge is -2.28. The SMILES string of the molecule is O=C(COC(=O)c1cccc(N2C(=O)[C@H]3C[C@H](c4ccccc4)CC[C@H]3C2=O)c1)c1ccc(OC(=O)c2ccco2)cc1. The normalized spacial score (nSPS) is 19.5. The Morgan fingerprint density at radius 3 is 2.28 bits per heavy atom. The van der Waals surface area contributed by atoms with Crippen LogP contribution in [0.25, 0.3) is 0 Å². The number of carbonyl (C=O) groups excluding carboxylic acids is 5. The van der Waals surface area contributed by atoms with Gasteiger partial charge in [-0.2, -0.15) is 0 Å². The van der Waals surface area contributed by atoms with Crippen LogP contribution in [0.2, 0.25) is 0 Å². The molecule has 216 valence electrons. The molecule has 9 heteroatoms. The number of nitrogens with zero attached hydrogens (tertiary/aromatic N) is 1. The summed E-state index contributed by atoms with van der Waals surface area (Å²) in [5, 5.41) is 0. The first-order chi connectivity index (χ1) is 20.9. The number of Topliss-reactive ketones (excluding diaryl/α,β-unsaturated/α-hetero) is 1. The van der Waals surface area contributed by atoms with Gasteiger partial charge in [0, 0.05) is 5.56 Å². The number of imide groups is 1. The van der Waals surface area contributed by atoms with E-state index in [1.54, 1.807) is 18.2 Å². The molecule has 3 atom stereocenters. The summed E-state index contributed by atoms with van der Waals surface area (Å²) >= 11 is 0. The summed E-state index contributed by atoms with van der Waals surface area (Å²) in [7, 11) is 0. The summed E-state index contributed by atoms with van der Waals surface area (Å²) in [5.41, 5.74) is 1.84. The maximum atomic E-state index is 13.4. The number of hydrogen-bond donors (Lipinski definition) is 0. The van der Waals surface area contributed by atoms with Crippen molar-refractivity contribution < 1.29 is 37.9 Å². The summed E-state index contributed by atoms with van der Waals surface area (Å²) in [5.74, 6) is -2.71. The highest BCUT2D eigenvalue weighted by atomic mass is 16.5. The van der Waals surface area contributed by atoms with E-state index in [0.29, 0.717) is 18.5 Å². The molecule has 2 amide bonds. The molecule has 43 heavy (non-hydrogen) atoms. The Hall–Kier alpha value is -5.31. The molecule has 0 radical (unpaired) electrons. The number of fused-ring (bicyclic) bond motifs is 1. The quantitative estimate of drug-likeness (QED) is 0.115. The van der Waals surface area contributed by atoms with E-state index in [-0.39, 0.29) is 46.3 Å². The van der Waals surface area contributed by atoms with Crippen LogP contribution in [-0.2, 0) is 14.3 Å².